The molecule has 0 fully saturated rings. The highest BCUT2D eigenvalue weighted by Gasteiger charge is 2.42. The number of H-pyrrole nitrogens is 3. The first kappa shape index (κ1) is 88.8. The fourth-order valence-electron chi connectivity index (χ4n) is 18.6. The van der Waals surface area contributed by atoms with Crippen molar-refractivity contribution < 1.29 is 53.9 Å². The SMILES string of the molecule is CNc1n[nH]c2cc(-n3c(=O)c4c(n5ncc(CC(C)CCc6nn[nH]c6-c6ccc(-n7c(=O)c8c(n9ncc(CC(C)CCc%10nn[nH]c%10-c%10ccc(-n%11c(=O)c%12c(n%13ncc(CC(C)C)c%11%13)CN(C(=O)c%11ccc(Cl)c(C(F)(F)F)c%11)[C@H](C)C%12)cc%10)c79)CN(C(=O)c7ccc(Br)c(C(F)(F)F)c7)[C@H](C)C8)cc6)c35)CN(C(=O)c3ccc(Br)c(C(F)(F)F)c3)[C@H](C)C4)ccc12. The summed E-state index contributed by atoms with van der Waals surface area (Å²) in [5, 5.41) is 49.1. The molecule has 18 rings (SSSR count). The van der Waals surface area contributed by atoms with E-state index in [-0.39, 0.29) is 93.4 Å². The Bertz CT molecular complexity index is 7310. The number of fused-ring (bicyclic) bond motifs is 10. The van der Waals surface area contributed by atoms with Crippen LogP contribution in [0.3, 0.4) is 0 Å². The number of halogens is 12. The number of amides is 3. The van der Waals surface area contributed by atoms with Gasteiger partial charge in [0, 0.05) is 101 Å². The van der Waals surface area contributed by atoms with Gasteiger partial charge in [-0.1, -0.05) is 106 Å². The minimum Gasteiger partial charge on any atom is -0.371 e. The molecule has 6 aromatic carbocycles. The van der Waals surface area contributed by atoms with Crippen molar-refractivity contribution in [2.24, 2.45) is 17.8 Å². The van der Waals surface area contributed by atoms with E-state index in [9.17, 15) is 53.9 Å². The Kier molecular flexibility index (Phi) is 23.1. The van der Waals surface area contributed by atoms with Gasteiger partial charge in [0.1, 0.15) is 16.9 Å². The van der Waals surface area contributed by atoms with Crippen LogP contribution >= 0.6 is 43.5 Å². The van der Waals surface area contributed by atoms with Crippen molar-refractivity contribution in [2.75, 3.05) is 12.4 Å². The molecule has 131 heavy (non-hydrogen) atoms. The van der Waals surface area contributed by atoms with Gasteiger partial charge in [-0.25, -0.2) is 13.5 Å². The third-order valence-corrected chi connectivity index (χ3v) is 27.0. The van der Waals surface area contributed by atoms with E-state index < -0.39 is 81.6 Å². The molecule has 12 heterocycles. The number of carbonyl (C=O) groups excluding carboxylic acids is 3. The lowest BCUT2D eigenvalue weighted by Crippen LogP contribution is -2.46. The second-order valence-electron chi connectivity index (χ2n) is 34.7. The molecule has 2 unspecified atom stereocenters. The number of aryl methyl sites for hydroxylation is 2. The second-order valence-corrected chi connectivity index (χ2v) is 36.8. The molecule has 39 heteroatoms. The Morgan fingerprint density at radius 3 is 1.23 bits per heavy atom. The quantitative estimate of drug-likeness (QED) is 0.0486. The average molecular weight is 1950 g/mol. The number of aromatic amines is 3. The molecule has 4 N–H and O–H groups in total. The number of hydrogen-bond donors (Lipinski definition) is 4. The summed E-state index contributed by atoms with van der Waals surface area (Å²) < 4.78 is 137. The summed E-state index contributed by atoms with van der Waals surface area (Å²) in [7, 11) is 1.75. The van der Waals surface area contributed by atoms with Crippen LogP contribution in [0.15, 0.2) is 163 Å². The number of aromatic nitrogens is 17. The first-order valence-corrected chi connectivity index (χ1v) is 44.5. The molecule has 3 aliphatic rings. The fraction of sp³-hybridized carbons (Fsp3) is 0.326. The lowest BCUT2D eigenvalue weighted by molar-refractivity contribution is -0.139. The van der Waals surface area contributed by atoms with Gasteiger partial charge in [-0.3, -0.25) is 57.8 Å². The molecule has 0 saturated heterocycles. The predicted octanol–water partition coefficient (Wildman–Crippen LogP) is 17.4. The molecule has 27 nitrogen and oxygen atoms in total. The summed E-state index contributed by atoms with van der Waals surface area (Å²) in [6, 6.07) is 28.0. The normalized spacial score (nSPS) is 16.0. The summed E-state index contributed by atoms with van der Waals surface area (Å²) in [5.41, 5.74) is 7.00. The van der Waals surface area contributed by atoms with E-state index in [4.69, 9.17) is 26.9 Å². The maximum atomic E-state index is 15.7. The van der Waals surface area contributed by atoms with E-state index in [2.05, 4.69) is 92.0 Å². The molecule has 3 aliphatic heterocycles. The van der Waals surface area contributed by atoms with Gasteiger partial charge in [0.05, 0.1) is 122 Å². The monoisotopic (exact) mass is 1940 g/mol. The maximum absolute atomic E-state index is 15.7. The average Bonchev–Trinajstić information content (AvgIpc) is 1.66. The molecular formula is C92H83Br2ClF9N21O6. The van der Waals surface area contributed by atoms with E-state index in [0.717, 1.165) is 35.2 Å². The van der Waals surface area contributed by atoms with Gasteiger partial charge < -0.3 is 20.0 Å². The van der Waals surface area contributed by atoms with Gasteiger partial charge in [-0.2, -0.15) is 59.9 Å². The Morgan fingerprint density at radius 1 is 0.481 bits per heavy atom. The van der Waals surface area contributed by atoms with Gasteiger partial charge in [0.15, 0.2) is 5.82 Å². The first-order valence-electron chi connectivity index (χ1n) is 42.5. The first-order chi connectivity index (χ1) is 62.4. The second kappa shape index (κ2) is 34.1. The van der Waals surface area contributed by atoms with Crippen molar-refractivity contribution in [3.63, 3.8) is 0 Å². The summed E-state index contributed by atoms with van der Waals surface area (Å²) in [6.07, 6.45) is -5.85. The van der Waals surface area contributed by atoms with E-state index in [1.807, 2.05) is 68.4 Å². The zero-order valence-electron chi connectivity index (χ0n) is 71.5. The fourth-order valence-corrected chi connectivity index (χ4v) is 19.8. The molecule has 9 aromatic heterocycles. The number of nitrogens with zero attached hydrogens (tertiary/aromatic N) is 17. The zero-order valence-corrected chi connectivity index (χ0v) is 75.5. The molecule has 5 atom stereocenters. The zero-order chi connectivity index (χ0) is 92.6. The number of alkyl halides is 9. The Labute approximate surface area is 761 Å². The molecule has 3 amide bonds. The van der Waals surface area contributed by atoms with Crippen molar-refractivity contribution in [3.8, 4) is 39.6 Å². The predicted molar refractivity (Wildman–Crippen MR) is 477 cm³/mol. The standard InChI is InChI=1S/C92H83Br2ClF9N21O6/c1-45(2)29-56-39-106-123-75-42-119(86(128)55-17-26-71(95)68(37-55)92(102,103)104)49(6)33-63(75)87(129)120(81(56)123)59-18-11-51(12-19-59)78-72(110-115-112-78)27-9-46(3)30-57-40-107-124-76-43-117(84(126)53-15-24-69(93)66(35-53)90(96,97)98)48(5)32-64(76)88(130)121(82(57)124)60-20-13-52(14-21-60)79-73(111-116-113-79)28-10-47(4)31-58-41-108-125-77-44-118(85(127)54-16-25-70(94)67(36-54)91(99,100)101)50(7)34-65(77)89(131)122(83(58)125)61-22-23-62-74(38-61)109-114-80(62)105-8/h11-26,35-41,45-50H,9-10,27-34,42-44H2,1-8H3,(H2,105,109,114)(H,110,112,115)(H,111,113,116)/t46?,47?,48-,49-,50-/m1/s1. The van der Waals surface area contributed by atoms with Crippen molar-refractivity contribution in [1.82, 2.24) is 98.3 Å². The Hall–Kier alpha value is -12.8. The van der Waals surface area contributed by atoms with Crippen molar-refractivity contribution >= 4 is 94.8 Å². The molecular weight excluding hydrogens is 1860 g/mol. The molecule has 0 radical (unpaired) electrons. The lowest BCUT2D eigenvalue weighted by Gasteiger charge is -2.35. The van der Waals surface area contributed by atoms with Crippen LogP contribution in [0.4, 0.5) is 45.3 Å². The topological polar surface area (TPSA) is 303 Å². The van der Waals surface area contributed by atoms with Gasteiger partial charge in [0.2, 0.25) is 0 Å². The minimum atomic E-state index is -4.81. The summed E-state index contributed by atoms with van der Waals surface area (Å²) >= 11 is 11.9. The van der Waals surface area contributed by atoms with E-state index in [0.29, 0.717) is 169 Å². The summed E-state index contributed by atoms with van der Waals surface area (Å²) in [6.45, 7) is 13.0. The number of carbonyl (C=O) groups is 3. The van der Waals surface area contributed by atoms with Crippen molar-refractivity contribution in [3.05, 3.63) is 280 Å². The summed E-state index contributed by atoms with van der Waals surface area (Å²) in [5.74, 6) is -1.48. The van der Waals surface area contributed by atoms with Crippen LogP contribution in [-0.2, 0) is 89.5 Å². The van der Waals surface area contributed by atoms with Crippen LogP contribution in [0.5, 0.6) is 0 Å². The third kappa shape index (κ3) is 16.3. The Balaban J connectivity index is 0.617. The number of nitrogens with one attached hydrogen (secondary N) is 4. The lowest BCUT2D eigenvalue weighted by atomic mass is 9.95. The van der Waals surface area contributed by atoms with E-state index in [1.165, 1.54) is 45.0 Å². The van der Waals surface area contributed by atoms with Crippen LogP contribution in [0, 0.1) is 17.8 Å². The smallest absolute Gasteiger partial charge is 0.371 e. The van der Waals surface area contributed by atoms with Crippen molar-refractivity contribution in [1.29, 1.82) is 0 Å². The largest absolute Gasteiger partial charge is 0.417 e. The molecule has 0 saturated carbocycles. The van der Waals surface area contributed by atoms with Gasteiger partial charge >= 0.3 is 18.5 Å². The van der Waals surface area contributed by atoms with E-state index in [1.54, 1.807) is 85.8 Å². The van der Waals surface area contributed by atoms with Crippen LogP contribution in [0.1, 0.15) is 171 Å². The summed E-state index contributed by atoms with van der Waals surface area (Å²) in [4.78, 5) is 93.5. The molecule has 0 spiro atoms. The highest BCUT2D eigenvalue weighted by molar-refractivity contribution is 9.10. The number of hydrogen-bond acceptors (Lipinski definition) is 15. The Morgan fingerprint density at radius 2 is 0.847 bits per heavy atom. The van der Waals surface area contributed by atoms with Crippen LogP contribution < -0.4 is 22.0 Å². The van der Waals surface area contributed by atoms with Crippen LogP contribution in [0.25, 0.3) is 67.4 Å². The van der Waals surface area contributed by atoms with Gasteiger partial charge in [-0.05, 0) is 200 Å². The van der Waals surface area contributed by atoms with Crippen LogP contribution in [0.2, 0.25) is 5.02 Å². The number of benzene rings is 6. The highest BCUT2D eigenvalue weighted by Crippen LogP contribution is 2.42. The third-order valence-electron chi connectivity index (χ3n) is 25.3. The van der Waals surface area contributed by atoms with Gasteiger partial charge in [0.25, 0.3) is 34.4 Å². The molecule has 15 aromatic rings. The molecule has 676 valence electrons. The van der Waals surface area contributed by atoms with Gasteiger partial charge in [-0.15, -0.1) is 10.2 Å². The highest BCUT2D eigenvalue weighted by atomic mass is 79.9. The number of rotatable bonds is 21. The number of anilines is 1. The van der Waals surface area contributed by atoms with Crippen molar-refractivity contribution in [2.45, 2.75) is 169 Å². The maximum Gasteiger partial charge on any atom is 0.417 e. The van der Waals surface area contributed by atoms with Crippen LogP contribution in [-0.4, -0.2) is 141 Å². The molecule has 0 aliphatic carbocycles. The van der Waals surface area contributed by atoms with E-state index >= 15 is 14.4 Å². The molecule has 0 bridgehead atoms. The minimum absolute atomic E-state index is 0.0270.